The zero-order valence-corrected chi connectivity index (χ0v) is 11.0. The molecule has 0 aliphatic carbocycles. The van der Waals surface area contributed by atoms with Gasteiger partial charge in [-0.05, 0) is 12.1 Å². The number of amides is 1. The van der Waals surface area contributed by atoms with Crippen LogP contribution in [0, 0.1) is 0 Å². The molecule has 106 valence electrons. The summed E-state index contributed by atoms with van der Waals surface area (Å²) >= 11 is 0. The standard InChI is InChI=1S/C13H20N2O4/c1-19-12-5-3-2-4-11(12)14-13(18)10-15(6-8-16)7-9-17/h2-5,16-17H,6-10H2,1H3,(H,14,18). The van der Waals surface area contributed by atoms with Crippen LogP contribution in [0.15, 0.2) is 24.3 Å². The smallest absolute Gasteiger partial charge is 0.238 e. The molecule has 1 aromatic rings. The Bertz CT molecular complexity index is 392. The summed E-state index contributed by atoms with van der Waals surface area (Å²) in [6.07, 6.45) is 0. The molecule has 0 atom stereocenters. The minimum Gasteiger partial charge on any atom is -0.495 e. The number of carbonyl (C=O) groups is 1. The maximum atomic E-state index is 11.9. The van der Waals surface area contributed by atoms with Crippen LogP contribution in [0.25, 0.3) is 0 Å². The van der Waals surface area contributed by atoms with Crippen molar-refractivity contribution in [3.8, 4) is 5.75 Å². The van der Waals surface area contributed by atoms with Gasteiger partial charge in [0.1, 0.15) is 5.75 Å². The molecule has 1 aromatic carbocycles. The summed E-state index contributed by atoms with van der Waals surface area (Å²) in [7, 11) is 1.54. The van der Waals surface area contributed by atoms with Gasteiger partial charge in [0, 0.05) is 13.1 Å². The van der Waals surface area contributed by atoms with Gasteiger partial charge in [-0.2, -0.15) is 0 Å². The highest BCUT2D eigenvalue weighted by Crippen LogP contribution is 2.22. The Kier molecular flexibility index (Phi) is 6.88. The third-order valence-electron chi connectivity index (χ3n) is 2.58. The van der Waals surface area contributed by atoms with Crippen molar-refractivity contribution >= 4 is 11.6 Å². The first-order valence-electron chi connectivity index (χ1n) is 6.08. The molecule has 0 saturated heterocycles. The summed E-state index contributed by atoms with van der Waals surface area (Å²) < 4.78 is 5.14. The second kappa shape index (κ2) is 8.47. The Labute approximate surface area is 112 Å². The Morgan fingerprint density at radius 1 is 1.26 bits per heavy atom. The number of para-hydroxylation sites is 2. The number of nitrogens with one attached hydrogen (secondary N) is 1. The molecule has 6 nitrogen and oxygen atoms in total. The molecule has 0 aromatic heterocycles. The summed E-state index contributed by atoms with van der Waals surface area (Å²) in [6, 6.07) is 7.13. The largest absolute Gasteiger partial charge is 0.495 e. The van der Waals surface area contributed by atoms with Crippen LogP contribution in [-0.2, 0) is 4.79 Å². The van der Waals surface area contributed by atoms with Gasteiger partial charge in [-0.1, -0.05) is 12.1 Å². The van der Waals surface area contributed by atoms with E-state index in [1.165, 1.54) is 7.11 Å². The van der Waals surface area contributed by atoms with E-state index in [2.05, 4.69) is 5.32 Å². The molecule has 0 aliphatic heterocycles. The van der Waals surface area contributed by atoms with Crippen LogP contribution >= 0.6 is 0 Å². The first kappa shape index (κ1) is 15.4. The molecule has 6 heteroatoms. The predicted molar refractivity (Wildman–Crippen MR) is 72.2 cm³/mol. The predicted octanol–water partition coefficient (Wildman–Crippen LogP) is -0.0797. The van der Waals surface area contributed by atoms with Gasteiger partial charge in [0.25, 0.3) is 0 Å². The van der Waals surface area contributed by atoms with Gasteiger partial charge in [-0.3, -0.25) is 9.69 Å². The maximum Gasteiger partial charge on any atom is 0.238 e. The topological polar surface area (TPSA) is 82.0 Å². The normalized spacial score (nSPS) is 10.5. The Morgan fingerprint density at radius 3 is 2.47 bits per heavy atom. The highest BCUT2D eigenvalue weighted by atomic mass is 16.5. The van der Waals surface area contributed by atoms with Crippen molar-refractivity contribution in [2.75, 3.05) is 45.3 Å². The fourth-order valence-corrected chi connectivity index (χ4v) is 1.69. The van der Waals surface area contributed by atoms with Gasteiger partial charge in [0.15, 0.2) is 0 Å². The zero-order chi connectivity index (χ0) is 14.1. The molecule has 0 bridgehead atoms. The van der Waals surface area contributed by atoms with Gasteiger partial charge in [-0.15, -0.1) is 0 Å². The molecular weight excluding hydrogens is 248 g/mol. The summed E-state index contributed by atoms with van der Waals surface area (Å²) in [5, 5.41) is 20.5. The van der Waals surface area contributed by atoms with Gasteiger partial charge in [0.05, 0.1) is 32.6 Å². The van der Waals surface area contributed by atoms with E-state index in [9.17, 15) is 4.79 Å². The number of methoxy groups -OCH3 is 1. The third-order valence-corrected chi connectivity index (χ3v) is 2.58. The van der Waals surface area contributed by atoms with Gasteiger partial charge in [-0.25, -0.2) is 0 Å². The molecule has 19 heavy (non-hydrogen) atoms. The summed E-state index contributed by atoms with van der Waals surface area (Å²) in [6.45, 7) is 0.697. The molecule has 1 rings (SSSR count). The number of benzene rings is 1. The van der Waals surface area contributed by atoms with E-state index in [4.69, 9.17) is 14.9 Å². The molecule has 1 amide bonds. The number of anilines is 1. The molecule has 0 radical (unpaired) electrons. The molecule has 0 unspecified atom stereocenters. The van der Waals surface area contributed by atoms with Gasteiger partial charge in [0.2, 0.25) is 5.91 Å². The zero-order valence-electron chi connectivity index (χ0n) is 11.0. The molecule has 0 spiro atoms. The molecule has 0 fully saturated rings. The number of hydrogen-bond acceptors (Lipinski definition) is 5. The van der Waals surface area contributed by atoms with Crippen molar-refractivity contribution in [1.82, 2.24) is 4.90 Å². The van der Waals surface area contributed by atoms with E-state index in [0.717, 1.165) is 0 Å². The minimum absolute atomic E-state index is 0.0536. The van der Waals surface area contributed by atoms with Crippen molar-refractivity contribution in [3.63, 3.8) is 0 Å². The number of carbonyl (C=O) groups excluding carboxylic acids is 1. The number of ether oxygens (including phenoxy) is 1. The Morgan fingerprint density at radius 2 is 1.89 bits per heavy atom. The summed E-state index contributed by atoms with van der Waals surface area (Å²) in [5.41, 5.74) is 0.600. The fraction of sp³-hybridized carbons (Fsp3) is 0.462. The highest BCUT2D eigenvalue weighted by molar-refractivity contribution is 5.93. The van der Waals surface area contributed by atoms with E-state index < -0.39 is 0 Å². The lowest BCUT2D eigenvalue weighted by atomic mass is 10.3. The molecule has 0 saturated carbocycles. The SMILES string of the molecule is COc1ccccc1NC(=O)CN(CCO)CCO. The quantitative estimate of drug-likeness (QED) is 0.614. The lowest BCUT2D eigenvalue weighted by Gasteiger charge is -2.19. The first-order valence-corrected chi connectivity index (χ1v) is 6.08. The van der Waals surface area contributed by atoms with E-state index in [0.29, 0.717) is 24.5 Å². The van der Waals surface area contributed by atoms with E-state index in [1.807, 2.05) is 6.07 Å². The minimum atomic E-state index is -0.216. The lowest BCUT2D eigenvalue weighted by molar-refractivity contribution is -0.117. The molecule has 3 N–H and O–H groups in total. The van der Waals surface area contributed by atoms with Crippen LogP contribution in [-0.4, -0.2) is 61.0 Å². The fourth-order valence-electron chi connectivity index (χ4n) is 1.69. The number of rotatable bonds is 8. The molecular formula is C13H20N2O4. The average Bonchev–Trinajstić information content (AvgIpc) is 2.40. The third kappa shape index (κ3) is 5.25. The first-order chi connectivity index (χ1) is 9.21. The summed E-state index contributed by atoms with van der Waals surface area (Å²) in [4.78, 5) is 13.5. The van der Waals surface area contributed by atoms with Gasteiger partial charge >= 0.3 is 0 Å². The van der Waals surface area contributed by atoms with E-state index >= 15 is 0 Å². The number of hydrogen-bond donors (Lipinski definition) is 3. The van der Waals surface area contributed by atoms with Crippen molar-refractivity contribution in [2.45, 2.75) is 0 Å². The molecule has 0 heterocycles. The van der Waals surface area contributed by atoms with Crippen LogP contribution in [0.3, 0.4) is 0 Å². The Hall–Kier alpha value is -1.63. The average molecular weight is 268 g/mol. The van der Waals surface area contributed by atoms with Crippen molar-refractivity contribution in [3.05, 3.63) is 24.3 Å². The summed E-state index contributed by atoms with van der Waals surface area (Å²) in [5.74, 6) is 0.373. The number of nitrogens with zero attached hydrogens (tertiary/aromatic N) is 1. The monoisotopic (exact) mass is 268 g/mol. The van der Waals surface area contributed by atoms with Crippen molar-refractivity contribution in [1.29, 1.82) is 0 Å². The number of aliphatic hydroxyl groups excluding tert-OH is 2. The van der Waals surface area contributed by atoms with Crippen LogP contribution in [0.1, 0.15) is 0 Å². The highest BCUT2D eigenvalue weighted by Gasteiger charge is 2.11. The van der Waals surface area contributed by atoms with Crippen molar-refractivity contribution in [2.24, 2.45) is 0 Å². The van der Waals surface area contributed by atoms with Crippen LogP contribution in [0.4, 0.5) is 5.69 Å². The Balaban J connectivity index is 2.58. The maximum absolute atomic E-state index is 11.9. The number of aliphatic hydroxyl groups is 2. The molecule has 0 aliphatic rings. The second-order valence-corrected chi connectivity index (χ2v) is 3.97. The van der Waals surface area contributed by atoms with Crippen LogP contribution in [0.2, 0.25) is 0 Å². The lowest BCUT2D eigenvalue weighted by Crippen LogP contribution is -2.37. The van der Waals surface area contributed by atoms with Crippen LogP contribution in [0.5, 0.6) is 5.75 Å². The van der Waals surface area contributed by atoms with E-state index in [-0.39, 0.29) is 25.7 Å². The van der Waals surface area contributed by atoms with Crippen molar-refractivity contribution < 1.29 is 19.7 Å². The van der Waals surface area contributed by atoms with Gasteiger partial charge < -0.3 is 20.3 Å². The van der Waals surface area contributed by atoms with Crippen LogP contribution < -0.4 is 10.1 Å². The van der Waals surface area contributed by atoms with E-state index in [1.54, 1.807) is 23.1 Å². The second-order valence-electron chi connectivity index (χ2n) is 3.97.